The number of aromatic hydroxyl groups is 1. The van der Waals surface area contributed by atoms with Gasteiger partial charge in [-0.25, -0.2) is 0 Å². The zero-order chi connectivity index (χ0) is 9.97. The molecule has 2 rings (SSSR count). The van der Waals surface area contributed by atoms with Gasteiger partial charge in [0.25, 0.3) is 0 Å². The van der Waals surface area contributed by atoms with Crippen molar-refractivity contribution in [2.45, 2.75) is 0 Å². The third-order valence-corrected chi connectivity index (χ3v) is 2.09. The molecule has 0 spiro atoms. The van der Waals surface area contributed by atoms with Gasteiger partial charge >= 0.3 is 0 Å². The van der Waals surface area contributed by atoms with Gasteiger partial charge < -0.3 is 10.3 Å². The Labute approximate surface area is 80.9 Å². The Morgan fingerprint density at radius 1 is 1.14 bits per heavy atom. The molecule has 0 radical (unpaired) electrons. The van der Waals surface area contributed by atoms with Gasteiger partial charge in [-0.1, -0.05) is 29.4 Å². The summed E-state index contributed by atoms with van der Waals surface area (Å²) >= 11 is 0. The molecule has 0 heterocycles. The van der Waals surface area contributed by atoms with Crippen molar-refractivity contribution >= 4 is 17.0 Å². The van der Waals surface area contributed by atoms with E-state index in [1.165, 1.54) is 6.21 Å². The van der Waals surface area contributed by atoms with Crippen LogP contribution in [0, 0.1) is 0 Å². The van der Waals surface area contributed by atoms with E-state index < -0.39 is 0 Å². The Morgan fingerprint density at radius 2 is 2.00 bits per heavy atom. The standard InChI is InChI=1S/C11H9NO2/c13-11-3-1-2-9-5-4-8(7-12-14)6-10(9)11/h1-7,13-14H/b12-7+. The van der Waals surface area contributed by atoms with Crippen molar-refractivity contribution < 1.29 is 10.3 Å². The molecule has 14 heavy (non-hydrogen) atoms. The Hall–Kier alpha value is -2.03. The summed E-state index contributed by atoms with van der Waals surface area (Å²) in [5.74, 6) is 0.232. The molecule has 0 aliphatic carbocycles. The van der Waals surface area contributed by atoms with Crippen LogP contribution >= 0.6 is 0 Å². The van der Waals surface area contributed by atoms with Crippen molar-refractivity contribution in [3.63, 3.8) is 0 Å². The van der Waals surface area contributed by atoms with Gasteiger partial charge in [-0.05, 0) is 23.1 Å². The number of fused-ring (bicyclic) bond motifs is 1. The van der Waals surface area contributed by atoms with Crippen LogP contribution in [0.5, 0.6) is 5.75 Å². The fourth-order valence-corrected chi connectivity index (χ4v) is 1.42. The monoisotopic (exact) mass is 187 g/mol. The highest BCUT2D eigenvalue weighted by atomic mass is 16.4. The van der Waals surface area contributed by atoms with Crippen molar-refractivity contribution in [3.8, 4) is 5.75 Å². The number of phenols is 1. The normalized spacial score (nSPS) is 11.1. The lowest BCUT2D eigenvalue weighted by molar-refractivity contribution is 0.322. The molecule has 0 saturated carbocycles. The van der Waals surface area contributed by atoms with Crippen molar-refractivity contribution in [3.05, 3.63) is 42.0 Å². The Balaban J connectivity index is 2.69. The molecule has 2 N–H and O–H groups in total. The van der Waals surface area contributed by atoms with Crippen LogP contribution in [0.15, 0.2) is 41.6 Å². The summed E-state index contributed by atoms with van der Waals surface area (Å²) in [6.45, 7) is 0. The minimum absolute atomic E-state index is 0.232. The Morgan fingerprint density at radius 3 is 2.79 bits per heavy atom. The summed E-state index contributed by atoms with van der Waals surface area (Å²) < 4.78 is 0. The predicted molar refractivity (Wildman–Crippen MR) is 55.0 cm³/mol. The molecule has 70 valence electrons. The number of nitrogens with zero attached hydrogens (tertiary/aromatic N) is 1. The molecular formula is C11H9NO2. The highest BCUT2D eigenvalue weighted by Crippen LogP contribution is 2.24. The third-order valence-electron chi connectivity index (χ3n) is 2.09. The summed E-state index contributed by atoms with van der Waals surface area (Å²) in [7, 11) is 0. The summed E-state index contributed by atoms with van der Waals surface area (Å²) in [5.41, 5.74) is 0.751. The fourth-order valence-electron chi connectivity index (χ4n) is 1.42. The van der Waals surface area contributed by atoms with Crippen LogP contribution in [0.2, 0.25) is 0 Å². The van der Waals surface area contributed by atoms with Crippen molar-refractivity contribution in [1.29, 1.82) is 0 Å². The van der Waals surface area contributed by atoms with Crippen LogP contribution in [0.1, 0.15) is 5.56 Å². The van der Waals surface area contributed by atoms with E-state index in [0.717, 1.165) is 16.3 Å². The molecule has 0 aliphatic rings. The van der Waals surface area contributed by atoms with E-state index in [0.29, 0.717) is 0 Å². The van der Waals surface area contributed by atoms with Crippen LogP contribution in [-0.2, 0) is 0 Å². The number of benzene rings is 2. The van der Waals surface area contributed by atoms with Gasteiger partial charge in [0.15, 0.2) is 0 Å². The first-order valence-corrected chi connectivity index (χ1v) is 4.20. The van der Waals surface area contributed by atoms with E-state index >= 15 is 0 Å². The average Bonchev–Trinajstić information content (AvgIpc) is 2.20. The lowest BCUT2D eigenvalue weighted by Crippen LogP contribution is -1.81. The second kappa shape index (κ2) is 3.38. The van der Waals surface area contributed by atoms with E-state index in [1.54, 1.807) is 18.2 Å². The fraction of sp³-hybridized carbons (Fsp3) is 0. The molecule has 0 fully saturated rings. The number of oxime groups is 1. The zero-order valence-corrected chi connectivity index (χ0v) is 7.38. The van der Waals surface area contributed by atoms with E-state index in [-0.39, 0.29) is 5.75 Å². The van der Waals surface area contributed by atoms with Crippen molar-refractivity contribution in [1.82, 2.24) is 0 Å². The quantitative estimate of drug-likeness (QED) is 0.409. The Kier molecular flexibility index (Phi) is 2.07. The second-order valence-corrected chi connectivity index (χ2v) is 3.00. The van der Waals surface area contributed by atoms with E-state index in [1.807, 2.05) is 18.2 Å². The van der Waals surface area contributed by atoms with Crippen LogP contribution in [-0.4, -0.2) is 16.5 Å². The summed E-state index contributed by atoms with van der Waals surface area (Å²) in [5, 5.41) is 22.6. The molecule has 0 saturated heterocycles. The maximum absolute atomic E-state index is 9.56. The largest absolute Gasteiger partial charge is 0.507 e. The molecule has 0 amide bonds. The lowest BCUT2D eigenvalue weighted by Gasteiger charge is -2.00. The summed E-state index contributed by atoms with van der Waals surface area (Å²) in [6.07, 6.45) is 1.33. The molecule has 2 aromatic carbocycles. The maximum atomic E-state index is 9.56. The van der Waals surface area contributed by atoms with Gasteiger partial charge in [0.05, 0.1) is 6.21 Å². The first-order chi connectivity index (χ1) is 6.81. The van der Waals surface area contributed by atoms with Gasteiger partial charge in [-0.2, -0.15) is 0 Å². The molecule has 0 aromatic heterocycles. The minimum atomic E-state index is 0.232. The smallest absolute Gasteiger partial charge is 0.123 e. The minimum Gasteiger partial charge on any atom is -0.507 e. The Bertz CT molecular complexity index is 492. The first-order valence-electron chi connectivity index (χ1n) is 4.20. The highest BCUT2D eigenvalue weighted by molar-refractivity contribution is 5.93. The predicted octanol–water partition coefficient (Wildman–Crippen LogP) is 2.35. The molecule has 3 nitrogen and oxygen atoms in total. The maximum Gasteiger partial charge on any atom is 0.123 e. The number of hydrogen-bond acceptors (Lipinski definition) is 3. The molecule has 2 aromatic rings. The second-order valence-electron chi connectivity index (χ2n) is 3.00. The SMILES string of the molecule is O/N=C/c1ccc2cccc(O)c2c1. The molecule has 0 unspecified atom stereocenters. The summed E-state index contributed by atoms with van der Waals surface area (Å²) in [4.78, 5) is 0. The molecule has 0 bridgehead atoms. The highest BCUT2D eigenvalue weighted by Gasteiger charge is 1.98. The van der Waals surface area contributed by atoms with Crippen LogP contribution in [0.4, 0.5) is 0 Å². The van der Waals surface area contributed by atoms with Gasteiger partial charge in [-0.15, -0.1) is 0 Å². The lowest BCUT2D eigenvalue weighted by atomic mass is 10.1. The van der Waals surface area contributed by atoms with Crippen molar-refractivity contribution in [2.24, 2.45) is 5.16 Å². The molecule has 0 aliphatic heterocycles. The molecule has 3 heteroatoms. The zero-order valence-electron chi connectivity index (χ0n) is 7.38. The average molecular weight is 187 g/mol. The van der Waals surface area contributed by atoms with Crippen LogP contribution in [0.3, 0.4) is 0 Å². The van der Waals surface area contributed by atoms with Crippen molar-refractivity contribution in [2.75, 3.05) is 0 Å². The van der Waals surface area contributed by atoms with E-state index in [9.17, 15) is 5.11 Å². The van der Waals surface area contributed by atoms with Gasteiger partial charge in [0.2, 0.25) is 0 Å². The number of phenolic OH excluding ortho intramolecular Hbond substituents is 1. The molecular weight excluding hydrogens is 178 g/mol. The van der Waals surface area contributed by atoms with Crippen LogP contribution < -0.4 is 0 Å². The van der Waals surface area contributed by atoms with Gasteiger partial charge in [0, 0.05) is 5.39 Å². The van der Waals surface area contributed by atoms with Crippen LogP contribution in [0.25, 0.3) is 10.8 Å². The first kappa shape index (κ1) is 8.56. The van der Waals surface area contributed by atoms with Gasteiger partial charge in [0.1, 0.15) is 5.75 Å². The van der Waals surface area contributed by atoms with E-state index in [4.69, 9.17) is 5.21 Å². The number of rotatable bonds is 1. The number of hydrogen-bond donors (Lipinski definition) is 2. The summed E-state index contributed by atoms with van der Waals surface area (Å²) in [6, 6.07) is 10.8. The van der Waals surface area contributed by atoms with Gasteiger partial charge in [-0.3, -0.25) is 0 Å². The molecule has 0 atom stereocenters. The topological polar surface area (TPSA) is 52.8 Å². The third kappa shape index (κ3) is 1.40. The van der Waals surface area contributed by atoms with E-state index in [2.05, 4.69) is 5.16 Å².